The molecule has 0 aliphatic heterocycles. The van der Waals surface area contributed by atoms with E-state index in [4.69, 9.17) is 5.11 Å². The number of nitrogens with one attached hydrogen (secondary N) is 1. The van der Waals surface area contributed by atoms with Crippen LogP contribution in [0, 0.1) is 6.92 Å². The molecule has 0 aliphatic carbocycles. The lowest BCUT2D eigenvalue weighted by Gasteiger charge is -2.07. The SMILES string of the molecule is Cc1ncsc1CNc1cc(Br)cc(C(=O)O)c1. The number of rotatable bonds is 4. The number of hydrogen-bond acceptors (Lipinski definition) is 4. The number of hydrogen-bond donors (Lipinski definition) is 2. The molecule has 0 atom stereocenters. The van der Waals surface area contributed by atoms with Gasteiger partial charge in [-0.1, -0.05) is 15.9 Å². The summed E-state index contributed by atoms with van der Waals surface area (Å²) in [6.07, 6.45) is 0. The van der Waals surface area contributed by atoms with E-state index >= 15 is 0 Å². The number of halogens is 1. The molecule has 4 nitrogen and oxygen atoms in total. The van der Waals surface area contributed by atoms with Crippen molar-refractivity contribution < 1.29 is 9.90 Å². The highest BCUT2D eigenvalue weighted by Crippen LogP contribution is 2.21. The molecular weight excluding hydrogens is 316 g/mol. The molecule has 18 heavy (non-hydrogen) atoms. The van der Waals surface area contributed by atoms with Gasteiger partial charge in [0.25, 0.3) is 0 Å². The maximum Gasteiger partial charge on any atom is 0.335 e. The zero-order chi connectivity index (χ0) is 13.1. The third-order valence-electron chi connectivity index (χ3n) is 2.44. The molecular formula is C12H11BrN2O2S. The van der Waals surface area contributed by atoms with Crippen molar-refractivity contribution in [2.24, 2.45) is 0 Å². The predicted octanol–water partition coefficient (Wildman–Crippen LogP) is 3.52. The Labute approximate surface area is 117 Å². The third-order valence-corrected chi connectivity index (χ3v) is 3.84. The summed E-state index contributed by atoms with van der Waals surface area (Å²) < 4.78 is 0.742. The first-order chi connectivity index (χ1) is 8.56. The maximum absolute atomic E-state index is 10.9. The monoisotopic (exact) mass is 326 g/mol. The van der Waals surface area contributed by atoms with Crippen molar-refractivity contribution in [3.05, 3.63) is 44.3 Å². The minimum absolute atomic E-state index is 0.257. The largest absolute Gasteiger partial charge is 0.478 e. The maximum atomic E-state index is 10.9. The van der Waals surface area contributed by atoms with Gasteiger partial charge in [-0.3, -0.25) is 0 Å². The van der Waals surface area contributed by atoms with Gasteiger partial charge in [-0.15, -0.1) is 11.3 Å². The number of anilines is 1. The first-order valence-corrected chi connectivity index (χ1v) is 6.90. The highest BCUT2D eigenvalue weighted by Gasteiger charge is 2.07. The molecule has 0 amide bonds. The van der Waals surface area contributed by atoms with E-state index in [1.54, 1.807) is 29.0 Å². The Morgan fingerprint density at radius 1 is 1.50 bits per heavy atom. The Hall–Kier alpha value is -1.40. The number of aromatic nitrogens is 1. The Bertz CT molecular complexity index is 583. The minimum atomic E-state index is -0.937. The molecule has 0 aliphatic rings. The van der Waals surface area contributed by atoms with Gasteiger partial charge in [-0.2, -0.15) is 0 Å². The van der Waals surface area contributed by atoms with E-state index in [-0.39, 0.29) is 5.56 Å². The van der Waals surface area contributed by atoms with Crippen molar-refractivity contribution in [2.75, 3.05) is 5.32 Å². The van der Waals surface area contributed by atoms with Crippen LogP contribution in [0.2, 0.25) is 0 Å². The second kappa shape index (κ2) is 5.49. The zero-order valence-electron chi connectivity index (χ0n) is 9.61. The van der Waals surface area contributed by atoms with E-state index in [9.17, 15) is 4.79 Å². The fourth-order valence-electron chi connectivity index (χ4n) is 1.49. The van der Waals surface area contributed by atoms with Crippen LogP contribution >= 0.6 is 27.3 Å². The summed E-state index contributed by atoms with van der Waals surface area (Å²) in [5, 5.41) is 12.2. The quantitative estimate of drug-likeness (QED) is 0.902. The van der Waals surface area contributed by atoms with Gasteiger partial charge in [0.1, 0.15) is 0 Å². The summed E-state index contributed by atoms with van der Waals surface area (Å²) in [7, 11) is 0. The molecule has 0 bridgehead atoms. The topological polar surface area (TPSA) is 62.2 Å². The molecule has 0 radical (unpaired) electrons. The molecule has 0 fully saturated rings. The predicted molar refractivity (Wildman–Crippen MR) is 75.3 cm³/mol. The second-order valence-electron chi connectivity index (χ2n) is 3.75. The van der Waals surface area contributed by atoms with Crippen LogP contribution in [0.1, 0.15) is 20.9 Å². The molecule has 2 aromatic rings. The number of carbonyl (C=O) groups is 1. The van der Waals surface area contributed by atoms with Crippen LogP contribution in [0.15, 0.2) is 28.2 Å². The van der Waals surface area contributed by atoms with Crippen LogP contribution in [0.5, 0.6) is 0 Å². The number of aromatic carboxylic acids is 1. The normalized spacial score (nSPS) is 10.3. The number of carboxylic acids is 1. The van der Waals surface area contributed by atoms with E-state index in [0.717, 1.165) is 20.7 Å². The van der Waals surface area contributed by atoms with Gasteiger partial charge in [-0.05, 0) is 25.1 Å². The second-order valence-corrected chi connectivity index (χ2v) is 5.60. The van der Waals surface area contributed by atoms with Gasteiger partial charge >= 0.3 is 5.97 Å². The highest BCUT2D eigenvalue weighted by atomic mass is 79.9. The average Bonchev–Trinajstić information content (AvgIpc) is 2.71. The van der Waals surface area contributed by atoms with E-state index < -0.39 is 5.97 Å². The van der Waals surface area contributed by atoms with Gasteiger partial charge in [-0.25, -0.2) is 9.78 Å². The molecule has 1 aromatic carbocycles. The van der Waals surface area contributed by atoms with Crippen LogP contribution in [0.25, 0.3) is 0 Å². The molecule has 2 rings (SSSR count). The van der Waals surface area contributed by atoms with Crippen LogP contribution < -0.4 is 5.32 Å². The van der Waals surface area contributed by atoms with Crippen LogP contribution in [0.3, 0.4) is 0 Å². The summed E-state index contributed by atoms with van der Waals surface area (Å²) in [6.45, 7) is 2.60. The van der Waals surface area contributed by atoms with Gasteiger partial charge in [0, 0.05) is 15.0 Å². The Morgan fingerprint density at radius 2 is 2.28 bits per heavy atom. The summed E-state index contributed by atoms with van der Waals surface area (Å²) in [6, 6.07) is 5.04. The van der Waals surface area contributed by atoms with Gasteiger partial charge < -0.3 is 10.4 Å². The molecule has 0 spiro atoms. The van der Waals surface area contributed by atoms with Gasteiger partial charge in [0.05, 0.1) is 23.3 Å². The van der Waals surface area contributed by atoms with Crippen molar-refractivity contribution in [2.45, 2.75) is 13.5 Å². The molecule has 94 valence electrons. The highest BCUT2D eigenvalue weighted by molar-refractivity contribution is 9.10. The first kappa shape index (κ1) is 13.0. The average molecular weight is 327 g/mol. The number of nitrogens with zero attached hydrogens (tertiary/aromatic N) is 1. The summed E-state index contributed by atoms with van der Waals surface area (Å²) >= 11 is 4.88. The number of benzene rings is 1. The van der Waals surface area contributed by atoms with Crippen molar-refractivity contribution in [1.29, 1.82) is 0 Å². The third kappa shape index (κ3) is 3.08. The minimum Gasteiger partial charge on any atom is -0.478 e. The number of aryl methyl sites for hydroxylation is 1. The lowest BCUT2D eigenvalue weighted by Crippen LogP contribution is -2.02. The van der Waals surface area contributed by atoms with E-state index in [1.165, 1.54) is 0 Å². The van der Waals surface area contributed by atoms with Crippen LogP contribution in [-0.4, -0.2) is 16.1 Å². The lowest BCUT2D eigenvalue weighted by molar-refractivity contribution is 0.0697. The fourth-order valence-corrected chi connectivity index (χ4v) is 2.70. The Kier molecular flexibility index (Phi) is 3.98. The van der Waals surface area contributed by atoms with Crippen molar-refractivity contribution in [3.8, 4) is 0 Å². The molecule has 1 aromatic heterocycles. The molecule has 6 heteroatoms. The van der Waals surface area contributed by atoms with Crippen molar-refractivity contribution in [1.82, 2.24) is 4.98 Å². The van der Waals surface area contributed by atoms with Gasteiger partial charge in [0.2, 0.25) is 0 Å². The summed E-state index contributed by atoms with van der Waals surface area (Å²) in [5.41, 5.74) is 3.83. The first-order valence-electron chi connectivity index (χ1n) is 5.23. The number of carboxylic acid groups (broad SMARTS) is 1. The smallest absolute Gasteiger partial charge is 0.335 e. The molecule has 0 saturated carbocycles. The zero-order valence-corrected chi connectivity index (χ0v) is 12.0. The summed E-state index contributed by atoms with van der Waals surface area (Å²) in [4.78, 5) is 16.2. The van der Waals surface area contributed by atoms with Crippen LogP contribution in [-0.2, 0) is 6.54 Å². The molecule has 1 heterocycles. The fraction of sp³-hybridized carbons (Fsp3) is 0.167. The number of thiazole rings is 1. The standard InChI is InChI=1S/C12H11BrN2O2S/c1-7-11(18-6-15-7)5-14-10-3-8(12(16)17)2-9(13)4-10/h2-4,6,14H,5H2,1H3,(H,16,17). The Morgan fingerprint density at radius 3 is 2.89 bits per heavy atom. The molecule has 0 unspecified atom stereocenters. The molecule has 0 saturated heterocycles. The van der Waals surface area contributed by atoms with E-state index in [2.05, 4.69) is 26.2 Å². The lowest BCUT2D eigenvalue weighted by atomic mass is 10.2. The Balaban J connectivity index is 2.14. The van der Waals surface area contributed by atoms with Crippen LogP contribution in [0.4, 0.5) is 5.69 Å². The van der Waals surface area contributed by atoms with E-state index in [1.807, 2.05) is 13.0 Å². The van der Waals surface area contributed by atoms with Crippen molar-refractivity contribution in [3.63, 3.8) is 0 Å². The van der Waals surface area contributed by atoms with Crippen molar-refractivity contribution >= 4 is 38.9 Å². The molecule has 2 N–H and O–H groups in total. The summed E-state index contributed by atoms with van der Waals surface area (Å²) in [5.74, 6) is -0.937. The van der Waals surface area contributed by atoms with Gasteiger partial charge in [0.15, 0.2) is 0 Å². The van der Waals surface area contributed by atoms with E-state index in [0.29, 0.717) is 6.54 Å².